The number of benzene rings is 2. The molecule has 2 heterocycles. The molecule has 20 heavy (non-hydrogen) atoms. The first-order valence-corrected chi connectivity index (χ1v) is 8.28. The lowest BCUT2D eigenvalue weighted by Crippen LogP contribution is -2.35. The maximum absolute atomic E-state index is 2.61. The van der Waals surface area contributed by atoms with E-state index in [0.29, 0.717) is 11.3 Å². The van der Waals surface area contributed by atoms with Gasteiger partial charge in [0.05, 0.1) is 0 Å². The van der Waals surface area contributed by atoms with Crippen molar-refractivity contribution in [1.29, 1.82) is 0 Å². The van der Waals surface area contributed by atoms with Gasteiger partial charge in [-0.1, -0.05) is 36.4 Å². The van der Waals surface area contributed by atoms with Crippen LogP contribution in [0.1, 0.15) is 18.1 Å². The second kappa shape index (κ2) is 4.85. The van der Waals surface area contributed by atoms with Crippen molar-refractivity contribution in [2.75, 3.05) is 11.4 Å². The summed E-state index contributed by atoms with van der Waals surface area (Å²) < 4.78 is 0. The van der Waals surface area contributed by atoms with Gasteiger partial charge in [0.2, 0.25) is 0 Å². The Balaban J connectivity index is 1.54. The monoisotopic (exact) mass is 281 g/mol. The summed E-state index contributed by atoms with van der Waals surface area (Å²) >= 11 is 2.06. The summed E-state index contributed by atoms with van der Waals surface area (Å²) in [4.78, 5) is 4.09. The number of rotatable bonds is 2. The predicted octanol–water partition coefficient (Wildman–Crippen LogP) is 4.15. The highest BCUT2D eigenvalue weighted by Crippen LogP contribution is 2.39. The van der Waals surface area contributed by atoms with E-state index in [1.807, 2.05) is 0 Å². The van der Waals surface area contributed by atoms with Gasteiger partial charge >= 0.3 is 0 Å². The highest BCUT2D eigenvalue weighted by atomic mass is 32.2. The van der Waals surface area contributed by atoms with Crippen molar-refractivity contribution in [2.24, 2.45) is 0 Å². The Kier molecular flexibility index (Phi) is 2.99. The van der Waals surface area contributed by atoms with E-state index < -0.39 is 0 Å². The summed E-state index contributed by atoms with van der Waals surface area (Å²) in [5, 5.41) is 0.695. The maximum Gasteiger partial charge on any atom is 0.0402 e. The topological polar surface area (TPSA) is 3.24 Å². The summed E-state index contributed by atoms with van der Waals surface area (Å²) in [6.07, 6.45) is 2.41. The molecule has 2 aromatic rings. The van der Waals surface area contributed by atoms with E-state index in [4.69, 9.17) is 0 Å². The molecule has 0 bridgehead atoms. The molecule has 0 radical (unpaired) electrons. The van der Waals surface area contributed by atoms with Crippen LogP contribution in [0.15, 0.2) is 53.4 Å². The van der Waals surface area contributed by atoms with E-state index in [2.05, 4.69) is 72.1 Å². The van der Waals surface area contributed by atoms with Crippen molar-refractivity contribution in [2.45, 2.75) is 36.0 Å². The largest absolute Gasteiger partial charge is 0.367 e. The minimum absolute atomic E-state index is 0.636. The second-order valence-corrected chi connectivity index (χ2v) is 7.23. The van der Waals surface area contributed by atoms with Crippen LogP contribution in [-0.2, 0) is 12.8 Å². The van der Waals surface area contributed by atoms with Crippen LogP contribution in [0, 0.1) is 0 Å². The van der Waals surface area contributed by atoms with E-state index in [1.165, 1.54) is 34.6 Å². The Hall–Kier alpha value is -1.41. The van der Waals surface area contributed by atoms with Crippen LogP contribution in [0.3, 0.4) is 0 Å². The number of nitrogens with zero attached hydrogens (tertiary/aromatic N) is 1. The van der Waals surface area contributed by atoms with E-state index in [-0.39, 0.29) is 0 Å². The van der Waals surface area contributed by atoms with Crippen molar-refractivity contribution in [3.05, 3.63) is 59.7 Å². The van der Waals surface area contributed by atoms with Gasteiger partial charge in [-0.05, 0) is 43.0 Å². The van der Waals surface area contributed by atoms with Gasteiger partial charge in [0.15, 0.2) is 0 Å². The number of para-hydroxylation sites is 1. The molecule has 2 aliphatic heterocycles. The molecule has 2 unspecified atom stereocenters. The smallest absolute Gasteiger partial charge is 0.0402 e. The molecule has 0 saturated carbocycles. The number of hydrogen-bond donors (Lipinski definition) is 0. The van der Waals surface area contributed by atoms with Crippen molar-refractivity contribution in [1.82, 2.24) is 0 Å². The highest BCUT2D eigenvalue weighted by Gasteiger charge is 2.30. The zero-order valence-electron chi connectivity index (χ0n) is 11.8. The molecular weight excluding hydrogens is 262 g/mol. The lowest BCUT2D eigenvalue weighted by molar-refractivity contribution is 0.657. The number of thioether (sulfide) groups is 1. The number of hydrogen-bond acceptors (Lipinski definition) is 2. The summed E-state index contributed by atoms with van der Waals surface area (Å²) in [5.41, 5.74) is 4.50. The van der Waals surface area contributed by atoms with Crippen molar-refractivity contribution in [3.63, 3.8) is 0 Å². The van der Waals surface area contributed by atoms with E-state index in [0.717, 1.165) is 6.54 Å². The Labute approximate surface area is 125 Å². The Morgan fingerprint density at radius 1 is 1.00 bits per heavy atom. The van der Waals surface area contributed by atoms with Crippen LogP contribution >= 0.6 is 11.8 Å². The molecule has 102 valence electrons. The molecule has 1 nitrogen and oxygen atoms in total. The number of fused-ring (bicyclic) bond motifs is 2. The molecule has 0 fully saturated rings. The molecule has 2 aliphatic rings. The summed E-state index contributed by atoms with van der Waals surface area (Å²) in [6, 6.07) is 18.4. The van der Waals surface area contributed by atoms with E-state index in [9.17, 15) is 0 Å². The quantitative estimate of drug-likeness (QED) is 0.813. The maximum atomic E-state index is 2.61. The van der Waals surface area contributed by atoms with Gasteiger partial charge in [-0.15, -0.1) is 11.8 Å². The fraction of sp³-hybridized carbons (Fsp3) is 0.333. The van der Waals surface area contributed by atoms with Crippen LogP contribution in [0.2, 0.25) is 0 Å². The lowest BCUT2D eigenvalue weighted by Gasteiger charge is -2.27. The van der Waals surface area contributed by atoms with Crippen LogP contribution in [0.5, 0.6) is 0 Å². The van der Waals surface area contributed by atoms with Gasteiger partial charge in [-0.25, -0.2) is 0 Å². The van der Waals surface area contributed by atoms with Crippen molar-refractivity contribution >= 4 is 17.4 Å². The average Bonchev–Trinajstić information content (AvgIpc) is 3.00. The Morgan fingerprint density at radius 3 is 2.60 bits per heavy atom. The summed E-state index contributed by atoms with van der Waals surface area (Å²) in [6.45, 7) is 3.52. The van der Waals surface area contributed by atoms with Gasteiger partial charge in [0.25, 0.3) is 0 Å². The summed E-state index contributed by atoms with van der Waals surface area (Å²) in [5.74, 6) is 0. The van der Waals surface area contributed by atoms with Crippen LogP contribution in [0.4, 0.5) is 5.69 Å². The van der Waals surface area contributed by atoms with Crippen molar-refractivity contribution in [3.8, 4) is 0 Å². The lowest BCUT2D eigenvalue weighted by atomic mass is 10.1. The van der Waals surface area contributed by atoms with Crippen LogP contribution < -0.4 is 4.90 Å². The molecule has 0 aliphatic carbocycles. The SMILES string of the molecule is CC1Cc2ccccc2N1CC1Cc2ccccc2S1. The Bertz CT molecular complexity index is 612. The van der Waals surface area contributed by atoms with Gasteiger partial charge in [-0.3, -0.25) is 0 Å². The molecule has 4 rings (SSSR count). The van der Waals surface area contributed by atoms with Crippen molar-refractivity contribution < 1.29 is 0 Å². The zero-order chi connectivity index (χ0) is 13.5. The van der Waals surface area contributed by atoms with Crippen LogP contribution in [0.25, 0.3) is 0 Å². The molecule has 2 atom stereocenters. The van der Waals surface area contributed by atoms with Gasteiger partial charge in [0, 0.05) is 28.4 Å². The minimum Gasteiger partial charge on any atom is -0.367 e. The standard InChI is InChI=1S/C18H19NS/c1-13-10-14-6-2-4-8-17(14)19(13)12-16-11-15-7-3-5-9-18(15)20-16/h2-9,13,16H,10-12H2,1H3. The fourth-order valence-electron chi connectivity index (χ4n) is 3.48. The average molecular weight is 281 g/mol. The first kappa shape index (κ1) is 12.3. The van der Waals surface area contributed by atoms with Crippen LogP contribution in [-0.4, -0.2) is 17.8 Å². The van der Waals surface area contributed by atoms with Gasteiger partial charge in [-0.2, -0.15) is 0 Å². The van der Waals surface area contributed by atoms with E-state index >= 15 is 0 Å². The summed E-state index contributed by atoms with van der Waals surface area (Å²) in [7, 11) is 0. The van der Waals surface area contributed by atoms with Gasteiger partial charge in [0.1, 0.15) is 0 Å². The third kappa shape index (κ3) is 2.03. The molecule has 0 amide bonds. The third-order valence-corrected chi connectivity index (χ3v) is 5.76. The third-order valence-electron chi connectivity index (χ3n) is 4.46. The highest BCUT2D eigenvalue weighted by molar-refractivity contribution is 8.00. The fourth-order valence-corrected chi connectivity index (χ4v) is 4.80. The Morgan fingerprint density at radius 2 is 1.75 bits per heavy atom. The first-order valence-electron chi connectivity index (χ1n) is 7.40. The molecule has 0 saturated heterocycles. The molecule has 0 aromatic heterocycles. The second-order valence-electron chi connectivity index (χ2n) is 5.89. The normalized spacial score (nSPS) is 23.8. The zero-order valence-corrected chi connectivity index (χ0v) is 12.6. The minimum atomic E-state index is 0.636. The molecule has 0 N–H and O–H groups in total. The molecular formula is C18H19NS. The van der Waals surface area contributed by atoms with E-state index in [1.54, 1.807) is 0 Å². The first-order chi connectivity index (χ1) is 9.81. The predicted molar refractivity (Wildman–Crippen MR) is 86.7 cm³/mol. The van der Waals surface area contributed by atoms with Gasteiger partial charge < -0.3 is 4.90 Å². The molecule has 0 spiro atoms. The molecule has 2 heteroatoms. The number of anilines is 1. The molecule has 2 aromatic carbocycles.